The quantitative estimate of drug-likeness (QED) is 0.884. The molecule has 1 aromatic carbocycles. The molecular weight excluding hydrogens is 300 g/mol. The van der Waals surface area contributed by atoms with Gasteiger partial charge in [-0.25, -0.2) is 0 Å². The summed E-state index contributed by atoms with van der Waals surface area (Å²) in [5.74, 6) is 0.538. The first-order valence-electron chi connectivity index (χ1n) is 8.87. The van der Waals surface area contributed by atoms with E-state index in [1.807, 2.05) is 0 Å². The number of esters is 1. The summed E-state index contributed by atoms with van der Waals surface area (Å²) < 4.78 is 5.05. The van der Waals surface area contributed by atoms with Crippen LogP contribution in [0.5, 0.6) is 0 Å². The average molecular weight is 322 g/mol. The zero-order valence-corrected chi connectivity index (χ0v) is 13.9. The number of nitrogens with one attached hydrogen (secondary N) is 1. The Morgan fingerprint density at radius 3 is 3.04 bits per heavy atom. The molecule has 3 aliphatic rings. The first-order valence-corrected chi connectivity index (χ1v) is 8.87. The van der Waals surface area contributed by atoms with E-state index in [9.17, 15) is 4.79 Å². The molecule has 1 aromatic heterocycles. The van der Waals surface area contributed by atoms with Crippen LogP contribution in [0, 0.1) is 11.8 Å². The minimum atomic E-state index is -0.157. The largest absolute Gasteiger partial charge is 0.469 e. The molecule has 2 atom stereocenters. The number of rotatable bonds is 3. The van der Waals surface area contributed by atoms with Crippen molar-refractivity contribution in [2.75, 3.05) is 20.2 Å². The second kappa shape index (κ2) is 5.21. The van der Waals surface area contributed by atoms with E-state index in [1.165, 1.54) is 47.6 Å². The Labute approximate surface area is 141 Å². The molecule has 0 saturated heterocycles. The second-order valence-electron chi connectivity index (χ2n) is 7.41. The smallest absolute Gasteiger partial charge is 0.313 e. The molecule has 1 fully saturated rings. The number of aromatic nitrogens is 1. The molecule has 0 radical (unpaired) electrons. The molecule has 2 aromatic rings. The molecule has 4 heteroatoms. The van der Waals surface area contributed by atoms with Gasteiger partial charge in [0.05, 0.1) is 13.0 Å². The van der Waals surface area contributed by atoms with Gasteiger partial charge in [-0.05, 0) is 47.9 Å². The van der Waals surface area contributed by atoms with Gasteiger partial charge in [-0.3, -0.25) is 9.69 Å². The molecule has 2 aliphatic carbocycles. The first kappa shape index (κ1) is 14.3. The number of H-pyrrole nitrogens is 1. The normalized spacial score (nSPS) is 26.1. The predicted octanol–water partition coefficient (Wildman–Crippen LogP) is 2.99. The number of nitrogens with zero attached hydrogens (tertiary/aromatic N) is 1. The topological polar surface area (TPSA) is 45.3 Å². The lowest BCUT2D eigenvalue weighted by molar-refractivity contribution is -0.144. The van der Waals surface area contributed by atoms with E-state index in [0.717, 1.165) is 25.4 Å². The van der Waals surface area contributed by atoms with Crippen molar-refractivity contribution in [3.05, 3.63) is 41.6 Å². The van der Waals surface area contributed by atoms with Gasteiger partial charge in [-0.2, -0.15) is 0 Å². The Morgan fingerprint density at radius 1 is 1.38 bits per heavy atom. The summed E-state index contributed by atoms with van der Waals surface area (Å²) in [6, 6.07) is 6.83. The van der Waals surface area contributed by atoms with E-state index in [1.54, 1.807) is 0 Å². The Bertz CT molecular complexity index is 846. The van der Waals surface area contributed by atoms with Crippen molar-refractivity contribution >= 4 is 22.4 Å². The molecule has 5 rings (SSSR count). The fourth-order valence-electron chi connectivity index (χ4n) is 4.46. The SMILES string of the molecule is COC(=O)C1C=C2c3cccc4[nH]cc(c34)C[C@H]2N(CC2CC2)C1. The maximum atomic E-state index is 12.2. The fourth-order valence-corrected chi connectivity index (χ4v) is 4.46. The lowest BCUT2D eigenvalue weighted by atomic mass is 9.79. The first-order chi connectivity index (χ1) is 11.7. The van der Waals surface area contributed by atoms with Crippen molar-refractivity contribution in [2.45, 2.75) is 25.3 Å². The van der Waals surface area contributed by atoms with Crippen molar-refractivity contribution in [1.82, 2.24) is 9.88 Å². The summed E-state index contributed by atoms with van der Waals surface area (Å²) in [6.45, 7) is 1.89. The third kappa shape index (κ3) is 2.13. The van der Waals surface area contributed by atoms with Crippen LogP contribution in [-0.2, 0) is 16.0 Å². The van der Waals surface area contributed by atoms with Crippen LogP contribution in [-0.4, -0.2) is 42.1 Å². The maximum Gasteiger partial charge on any atom is 0.313 e. The summed E-state index contributed by atoms with van der Waals surface area (Å²) in [5.41, 5.74) is 5.19. The minimum absolute atomic E-state index is 0.117. The van der Waals surface area contributed by atoms with E-state index in [4.69, 9.17) is 4.74 Å². The lowest BCUT2D eigenvalue weighted by Crippen LogP contribution is -2.47. The Morgan fingerprint density at radius 2 is 2.25 bits per heavy atom. The van der Waals surface area contributed by atoms with Crippen molar-refractivity contribution in [1.29, 1.82) is 0 Å². The monoisotopic (exact) mass is 322 g/mol. The predicted molar refractivity (Wildman–Crippen MR) is 93.6 cm³/mol. The van der Waals surface area contributed by atoms with Crippen molar-refractivity contribution in [3.63, 3.8) is 0 Å². The number of benzene rings is 1. The van der Waals surface area contributed by atoms with Crippen LogP contribution in [0.2, 0.25) is 0 Å². The Balaban J connectivity index is 1.63. The van der Waals surface area contributed by atoms with E-state index >= 15 is 0 Å². The van der Waals surface area contributed by atoms with E-state index in [-0.39, 0.29) is 11.9 Å². The molecular formula is C20H22N2O2. The molecule has 24 heavy (non-hydrogen) atoms. The van der Waals surface area contributed by atoms with Gasteiger partial charge in [0.15, 0.2) is 0 Å². The highest BCUT2D eigenvalue weighted by Gasteiger charge is 2.39. The zero-order chi connectivity index (χ0) is 16.3. The van der Waals surface area contributed by atoms with Gasteiger partial charge in [0.25, 0.3) is 0 Å². The molecule has 2 heterocycles. The summed E-state index contributed by atoms with van der Waals surface area (Å²) in [6.07, 6.45) is 8.02. The van der Waals surface area contributed by atoms with Crippen molar-refractivity contribution in [2.24, 2.45) is 11.8 Å². The number of fused-ring (bicyclic) bond motifs is 2. The Hall–Kier alpha value is -2.07. The van der Waals surface area contributed by atoms with Gasteiger partial charge in [-0.1, -0.05) is 18.2 Å². The number of hydrogen-bond donors (Lipinski definition) is 1. The highest BCUT2D eigenvalue weighted by atomic mass is 16.5. The summed E-state index contributed by atoms with van der Waals surface area (Å²) in [5, 5.41) is 1.33. The molecule has 124 valence electrons. The molecule has 1 saturated carbocycles. The zero-order valence-electron chi connectivity index (χ0n) is 13.9. The van der Waals surface area contributed by atoms with Crippen LogP contribution in [0.1, 0.15) is 24.0 Å². The number of ether oxygens (including phenoxy) is 1. The Kier molecular flexibility index (Phi) is 3.10. The molecule has 0 amide bonds. The average Bonchev–Trinajstić information content (AvgIpc) is 3.34. The van der Waals surface area contributed by atoms with Gasteiger partial charge in [-0.15, -0.1) is 0 Å². The highest BCUT2D eigenvalue weighted by molar-refractivity contribution is 5.99. The summed E-state index contributed by atoms with van der Waals surface area (Å²) in [7, 11) is 1.49. The molecule has 0 bridgehead atoms. The van der Waals surface area contributed by atoms with Crippen LogP contribution in [0.4, 0.5) is 0 Å². The van der Waals surface area contributed by atoms with Crippen LogP contribution < -0.4 is 0 Å². The minimum Gasteiger partial charge on any atom is -0.469 e. The van der Waals surface area contributed by atoms with Crippen LogP contribution >= 0.6 is 0 Å². The number of methoxy groups -OCH3 is 1. The van der Waals surface area contributed by atoms with Crippen LogP contribution in [0.3, 0.4) is 0 Å². The number of aromatic amines is 1. The van der Waals surface area contributed by atoms with E-state index < -0.39 is 0 Å². The summed E-state index contributed by atoms with van der Waals surface area (Å²) >= 11 is 0. The van der Waals surface area contributed by atoms with Gasteiger partial charge < -0.3 is 9.72 Å². The number of hydrogen-bond acceptors (Lipinski definition) is 3. The third-order valence-electron chi connectivity index (χ3n) is 5.82. The van der Waals surface area contributed by atoms with Crippen molar-refractivity contribution in [3.8, 4) is 0 Å². The molecule has 1 unspecified atom stereocenters. The maximum absolute atomic E-state index is 12.2. The van der Waals surface area contributed by atoms with Gasteiger partial charge in [0.1, 0.15) is 0 Å². The van der Waals surface area contributed by atoms with Gasteiger partial charge in [0.2, 0.25) is 0 Å². The van der Waals surface area contributed by atoms with E-state index in [2.05, 4.69) is 40.4 Å². The second-order valence-corrected chi connectivity index (χ2v) is 7.41. The molecule has 1 aliphatic heterocycles. The number of carbonyl (C=O) groups excluding carboxylic acids is 1. The highest BCUT2D eigenvalue weighted by Crippen LogP contribution is 2.42. The fraction of sp³-hybridized carbons (Fsp3) is 0.450. The van der Waals surface area contributed by atoms with Crippen LogP contribution in [0.15, 0.2) is 30.5 Å². The molecule has 4 nitrogen and oxygen atoms in total. The number of carbonyl (C=O) groups is 1. The lowest BCUT2D eigenvalue weighted by Gasteiger charge is -2.41. The van der Waals surface area contributed by atoms with Gasteiger partial charge in [0, 0.05) is 36.2 Å². The van der Waals surface area contributed by atoms with Gasteiger partial charge >= 0.3 is 5.97 Å². The standard InChI is InChI=1S/C20H22N2O2/c1-24-20(23)14-7-16-15-3-2-4-17-19(15)13(9-21-17)8-18(16)22(11-14)10-12-5-6-12/h2-4,7,9,12,14,18,21H,5-6,8,10-11H2,1H3/t14?,18-/m1/s1. The van der Waals surface area contributed by atoms with Crippen molar-refractivity contribution < 1.29 is 9.53 Å². The van der Waals surface area contributed by atoms with E-state index in [0.29, 0.717) is 6.04 Å². The molecule has 1 N–H and O–H groups in total. The van der Waals surface area contributed by atoms with Crippen LogP contribution in [0.25, 0.3) is 16.5 Å². The summed E-state index contributed by atoms with van der Waals surface area (Å²) in [4.78, 5) is 18.2. The molecule has 0 spiro atoms. The third-order valence-corrected chi connectivity index (χ3v) is 5.82.